The summed E-state index contributed by atoms with van der Waals surface area (Å²) in [5.74, 6) is 0.994. The molecule has 1 N–H and O–H groups in total. The van der Waals surface area contributed by atoms with E-state index in [9.17, 15) is 0 Å². The smallest absolute Gasteiger partial charge is 0.193 e. The summed E-state index contributed by atoms with van der Waals surface area (Å²) < 4.78 is 7.53. The third-order valence-electron chi connectivity index (χ3n) is 3.81. The molecule has 1 aliphatic rings. The number of aliphatic imine (C=N–C) groups is 1. The molecule has 0 bridgehead atoms. The summed E-state index contributed by atoms with van der Waals surface area (Å²) in [4.78, 5) is 6.71. The van der Waals surface area contributed by atoms with Crippen LogP contribution in [0.1, 0.15) is 25.3 Å². The number of ether oxygens (including phenoxy) is 1. The number of hydrogen-bond donors (Lipinski definition) is 1. The van der Waals surface area contributed by atoms with E-state index in [0.717, 1.165) is 51.5 Å². The second-order valence-electron chi connectivity index (χ2n) is 5.39. The molecule has 0 aromatic carbocycles. The van der Waals surface area contributed by atoms with Crippen molar-refractivity contribution in [3.8, 4) is 0 Å². The molecule has 6 nitrogen and oxygen atoms in total. The molecule has 0 atom stereocenters. The maximum atomic E-state index is 5.69. The van der Waals surface area contributed by atoms with Crippen LogP contribution < -0.4 is 5.32 Å². The van der Waals surface area contributed by atoms with Crippen molar-refractivity contribution in [1.82, 2.24) is 20.0 Å². The van der Waals surface area contributed by atoms with Gasteiger partial charge in [0.05, 0.1) is 12.3 Å². The highest BCUT2D eigenvalue weighted by atomic mass is 127. The fraction of sp³-hybridized carbons (Fsp3) is 0.733. The number of guanidine groups is 1. The SMILES string of the molecule is CCOC1CCN(C(=NC)NCCc2cnn(C)c2)CC1.I. The molecule has 0 unspecified atom stereocenters. The second-order valence-corrected chi connectivity index (χ2v) is 5.39. The first kappa shape index (κ1) is 19.2. The highest BCUT2D eigenvalue weighted by Gasteiger charge is 2.21. The van der Waals surface area contributed by atoms with Crippen LogP contribution in [0.25, 0.3) is 0 Å². The normalized spacial score (nSPS) is 16.5. The Bertz CT molecular complexity index is 455. The van der Waals surface area contributed by atoms with Gasteiger partial charge in [-0.2, -0.15) is 5.10 Å². The number of hydrogen-bond acceptors (Lipinski definition) is 3. The van der Waals surface area contributed by atoms with Crippen LogP contribution in [0, 0.1) is 0 Å². The molecular formula is C15H28IN5O. The van der Waals surface area contributed by atoms with E-state index in [1.165, 1.54) is 5.56 Å². The summed E-state index contributed by atoms with van der Waals surface area (Å²) in [6.45, 7) is 5.77. The molecule has 1 saturated heterocycles. The zero-order valence-corrected chi connectivity index (χ0v) is 16.1. The number of nitrogens with zero attached hydrogens (tertiary/aromatic N) is 4. The zero-order valence-electron chi connectivity index (χ0n) is 13.8. The van der Waals surface area contributed by atoms with Gasteiger partial charge in [-0.1, -0.05) is 0 Å². The van der Waals surface area contributed by atoms with Gasteiger partial charge in [-0.3, -0.25) is 9.67 Å². The Morgan fingerprint density at radius 3 is 2.73 bits per heavy atom. The second kappa shape index (κ2) is 10.0. The first-order chi connectivity index (χ1) is 10.2. The van der Waals surface area contributed by atoms with Crippen LogP contribution >= 0.6 is 24.0 Å². The molecule has 7 heteroatoms. The molecule has 0 aliphatic carbocycles. The Labute approximate surface area is 150 Å². The van der Waals surface area contributed by atoms with Crippen molar-refractivity contribution in [1.29, 1.82) is 0 Å². The Kier molecular flexibility index (Phi) is 8.77. The van der Waals surface area contributed by atoms with Crippen molar-refractivity contribution in [3.05, 3.63) is 18.0 Å². The summed E-state index contributed by atoms with van der Waals surface area (Å²) in [6.07, 6.45) is 7.51. The standard InChI is InChI=1S/C15H27N5O.HI/c1-4-21-14-6-9-20(10-7-14)15(16-2)17-8-5-13-11-18-19(3)12-13;/h11-12,14H,4-10H2,1-3H3,(H,16,17);1H. The molecule has 1 fully saturated rings. The van der Waals surface area contributed by atoms with Gasteiger partial charge in [0.15, 0.2) is 5.96 Å². The molecule has 0 saturated carbocycles. The van der Waals surface area contributed by atoms with E-state index in [0.29, 0.717) is 6.10 Å². The Morgan fingerprint density at radius 1 is 1.45 bits per heavy atom. The number of halogens is 1. The van der Waals surface area contributed by atoms with E-state index >= 15 is 0 Å². The van der Waals surface area contributed by atoms with Gasteiger partial charge in [-0.05, 0) is 31.7 Å². The van der Waals surface area contributed by atoms with Gasteiger partial charge >= 0.3 is 0 Å². The summed E-state index contributed by atoms with van der Waals surface area (Å²) in [5, 5.41) is 7.63. The first-order valence-electron chi connectivity index (χ1n) is 7.77. The van der Waals surface area contributed by atoms with Crippen LogP contribution in [-0.2, 0) is 18.2 Å². The van der Waals surface area contributed by atoms with E-state index in [4.69, 9.17) is 4.74 Å². The first-order valence-corrected chi connectivity index (χ1v) is 7.77. The predicted octanol–water partition coefficient (Wildman–Crippen LogP) is 1.66. The lowest BCUT2D eigenvalue weighted by Gasteiger charge is -2.34. The van der Waals surface area contributed by atoms with Gasteiger partial charge in [-0.15, -0.1) is 24.0 Å². The number of piperidine rings is 1. The quantitative estimate of drug-likeness (QED) is 0.447. The number of aryl methyl sites for hydroxylation is 1. The van der Waals surface area contributed by atoms with Crippen LogP contribution in [0.2, 0.25) is 0 Å². The number of rotatable bonds is 5. The minimum atomic E-state index is 0. The van der Waals surface area contributed by atoms with Crippen LogP contribution in [0.3, 0.4) is 0 Å². The van der Waals surface area contributed by atoms with Gasteiger partial charge in [0.25, 0.3) is 0 Å². The van der Waals surface area contributed by atoms with Crippen molar-refractivity contribution in [3.63, 3.8) is 0 Å². The van der Waals surface area contributed by atoms with Gasteiger partial charge in [-0.25, -0.2) is 0 Å². The van der Waals surface area contributed by atoms with E-state index in [1.807, 2.05) is 25.0 Å². The maximum absolute atomic E-state index is 5.69. The average Bonchev–Trinajstić information content (AvgIpc) is 2.91. The van der Waals surface area contributed by atoms with E-state index in [2.05, 4.69) is 33.4 Å². The monoisotopic (exact) mass is 421 g/mol. The molecule has 1 aromatic heterocycles. The van der Waals surface area contributed by atoms with Crippen LogP contribution in [0.15, 0.2) is 17.4 Å². The van der Waals surface area contributed by atoms with Gasteiger partial charge in [0.1, 0.15) is 0 Å². The Balaban J connectivity index is 0.00000242. The lowest BCUT2D eigenvalue weighted by atomic mass is 10.1. The Morgan fingerprint density at radius 2 is 2.18 bits per heavy atom. The third kappa shape index (κ3) is 5.75. The summed E-state index contributed by atoms with van der Waals surface area (Å²) in [7, 11) is 3.79. The lowest BCUT2D eigenvalue weighted by molar-refractivity contribution is 0.0264. The van der Waals surface area contributed by atoms with Crippen molar-refractivity contribution < 1.29 is 4.74 Å². The molecular weight excluding hydrogens is 393 g/mol. The predicted molar refractivity (Wildman–Crippen MR) is 99.9 cm³/mol. The number of nitrogens with one attached hydrogen (secondary N) is 1. The van der Waals surface area contributed by atoms with Gasteiger partial charge in [0, 0.05) is 46.5 Å². The minimum Gasteiger partial charge on any atom is -0.378 e. The summed E-state index contributed by atoms with van der Waals surface area (Å²) in [6, 6.07) is 0. The van der Waals surface area contributed by atoms with Gasteiger partial charge < -0.3 is 15.0 Å². The van der Waals surface area contributed by atoms with E-state index in [1.54, 1.807) is 0 Å². The van der Waals surface area contributed by atoms with E-state index < -0.39 is 0 Å². The highest BCUT2D eigenvalue weighted by Crippen LogP contribution is 2.13. The molecule has 2 heterocycles. The molecule has 22 heavy (non-hydrogen) atoms. The zero-order chi connectivity index (χ0) is 15.1. The molecule has 1 aliphatic heterocycles. The molecule has 0 amide bonds. The van der Waals surface area contributed by atoms with Crippen molar-refractivity contribution in [2.45, 2.75) is 32.3 Å². The average molecular weight is 421 g/mol. The number of aromatic nitrogens is 2. The molecule has 0 radical (unpaired) electrons. The fourth-order valence-corrected chi connectivity index (χ4v) is 2.72. The summed E-state index contributed by atoms with van der Waals surface area (Å²) >= 11 is 0. The van der Waals surface area contributed by atoms with Crippen LogP contribution in [-0.4, -0.2) is 60.0 Å². The lowest BCUT2D eigenvalue weighted by Crippen LogP contribution is -2.47. The third-order valence-corrected chi connectivity index (χ3v) is 3.81. The molecule has 1 aromatic rings. The van der Waals surface area contributed by atoms with E-state index in [-0.39, 0.29) is 24.0 Å². The topological polar surface area (TPSA) is 54.7 Å². The van der Waals surface area contributed by atoms with Gasteiger partial charge in [0.2, 0.25) is 0 Å². The van der Waals surface area contributed by atoms with Crippen molar-refractivity contribution in [2.75, 3.05) is 33.3 Å². The molecule has 0 spiro atoms. The fourth-order valence-electron chi connectivity index (χ4n) is 2.72. The minimum absolute atomic E-state index is 0. The van der Waals surface area contributed by atoms with Crippen LogP contribution in [0.4, 0.5) is 0 Å². The molecule has 126 valence electrons. The highest BCUT2D eigenvalue weighted by molar-refractivity contribution is 14.0. The maximum Gasteiger partial charge on any atom is 0.193 e. The molecule has 2 rings (SSSR count). The summed E-state index contributed by atoms with van der Waals surface area (Å²) in [5.41, 5.74) is 1.25. The number of likely N-dealkylation sites (tertiary alicyclic amines) is 1. The largest absolute Gasteiger partial charge is 0.378 e. The Hall–Kier alpha value is -0.830. The van der Waals surface area contributed by atoms with Crippen molar-refractivity contribution in [2.24, 2.45) is 12.0 Å². The van der Waals surface area contributed by atoms with Crippen LogP contribution in [0.5, 0.6) is 0 Å². The van der Waals surface area contributed by atoms with Crippen molar-refractivity contribution >= 4 is 29.9 Å².